The molecule has 2 aromatic heterocycles. The van der Waals surface area contributed by atoms with Crippen molar-refractivity contribution in [1.82, 2.24) is 9.97 Å². The maximum atomic E-state index is 12.6. The summed E-state index contributed by atoms with van der Waals surface area (Å²) in [4.78, 5) is 32.7. The Bertz CT molecular complexity index is 907. The molecule has 0 bridgehead atoms. The van der Waals surface area contributed by atoms with E-state index in [1.54, 1.807) is 49.5 Å². The van der Waals surface area contributed by atoms with E-state index in [9.17, 15) is 9.59 Å². The molecule has 1 N–H and O–H groups in total. The summed E-state index contributed by atoms with van der Waals surface area (Å²) in [7, 11) is 0. The number of carbonyl (C=O) groups is 2. The van der Waals surface area contributed by atoms with Crippen LogP contribution < -0.4 is 5.32 Å². The number of hydrogen-bond donors (Lipinski definition) is 1. The van der Waals surface area contributed by atoms with Gasteiger partial charge in [0.2, 0.25) is 5.91 Å². The molecule has 1 amide bonds. The van der Waals surface area contributed by atoms with E-state index in [1.807, 2.05) is 6.92 Å². The van der Waals surface area contributed by atoms with Crippen molar-refractivity contribution in [2.75, 3.05) is 11.9 Å². The molecule has 8 heteroatoms. The van der Waals surface area contributed by atoms with Crippen molar-refractivity contribution in [2.45, 2.75) is 30.7 Å². The van der Waals surface area contributed by atoms with E-state index in [0.29, 0.717) is 40.7 Å². The molecule has 1 aromatic carbocycles. The average molecular weight is 385 g/mol. The summed E-state index contributed by atoms with van der Waals surface area (Å²) in [6.07, 6.45) is 2.24. The zero-order valence-corrected chi connectivity index (χ0v) is 15.8. The molecular formula is C19H19N3O4S. The van der Waals surface area contributed by atoms with E-state index in [-0.39, 0.29) is 17.1 Å². The maximum absolute atomic E-state index is 12.6. The molecule has 0 aliphatic rings. The number of benzene rings is 1. The van der Waals surface area contributed by atoms with E-state index in [4.69, 9.17) is 9.15 Å². The van der Waals surface area contributed by atoms with Crippen LogP contribution in [0, 0.1) is 0 Å². The summed E-state index contributed by atoms with van der Waals surface area (Å²) < 4.78 is 10.6. The van der Waals surface area contributed by atoms with Crippen LogP contribution in [0.3, 0.4) is 0 Å². The molecule has 2 heterocycles. The van der Waals surface area contributed by atoms with Crippen LogP contribution in [-0.4, -0.2) is 33.7 Å². The lowest BCUT2D eigenvalue weighted by molar-refractivity contribution is -0.115. The zero-order chi connectivity index (χ0) is 19.2. The molecule has 1 atom stereocenters. The minimum Gasteiger partial charge on any atom is -0.462 e. The van der Waals surface area contributed by atoms with Crippen molar-refractivity contribution in [3.63, 3.8) is 0 Å². The number of fused-ring (bicyclic) bond motifs is 1. The number of nitrogens with one attached hydrogen (secondary N) is 1. The van der Waals surface area contributed by atoms with Gasteiger partial charge in [-0.15, -0.1) is 0 Å². The lowest BCUT2D eigenvalue weighted by Gasteiger charge is -2.13. The van der Waals surface area contributed by atoms with E-state index in [2.05, 4.69) is 15.3 Å². The number of ether oxygens (including phenoxy) is 1. The smallest absolute Gasteiger partial charge is 0.338 e. The number of amides is 1. The first-order chi connectivity index (χ1) is 13.1. The van der Waals surface area contributed by atoms with Gasteiger partial charge in [-0.25, -0.2) is 9.78 Å². The summed E-state index contributed by atoms with van der Waals surface area (Å²) in [5, 5.41) is 2.88. The Morgan fingerprint density at radius 1 is 1.22 bits per heavy atom. The van der Waals surface area contributed by atoms with Crippen molar-refractivity contribution in [3.05, 3.63) is 48.2 Å². The van der Waals surface area contributed by atoms with Gasteiger partial charge in [-0.3, -0.25) is 4.79 Å². The van der Waals surface area contributed by atoms with Crippen molar-refractivity contribution in [2.24, 2.45) is 0 Å². The van der Waals surface area contributed by atoms with Crippen molar-refractivity contribution < 1.29 is 18.7 Å². The van der Waals surface area contributed by atoms with Gasteiger partial charge in [-0.1, -0.05) is 18.7 Å². The number of aromatic nitrogens is 2. The summed E-state index contributed by atoms with van der Waals surface area (Å²) in [6.45, 7) is 3.99. The third-order valence-electron chi connectivity index (χ3n) is 3.72. The Hall–Kier alpha value is -2.87. The number of rotatable bonds is 7. The normalized spacial score (nSPS) is 11.9. The van der Waals surface area contributed by atoms with E-state index >= 15 is 0 Å². The standard InChI is InChI=1S/C19H19N3O4S/c1-3-15(27-19-22-16-14(26-19)6-5-11-20-16)17(23)21-13-9-7-12(8-10-13)18(24)25-4-2/h5-11,15H,3-4H2,1-2H3,(H,21,23)/t15-/m1/s1. The van der Waals surface area contributed by atoms with Crippen LogP contribution in [0.5, 0.6) is 0 Å². The Morgan fingerprint density at radius 3 is 2.67 bits per heavy atom. The van der Waals surface area contributed by atoms with Crippen LogP contribution >= 0.6 is 11.8 Å². The number of nitrogens with zero attached hydrogens (tertiary/aromatic N) is 2. The fraction of sp³-hybridized carbons (Fsp3) is 0.263. The zero-order valence-electron chi connectivity index (χ0n) is 15.0. The van der Waals surface area contributed by atoms with Gasteiger partial charge >= 0.3 is 5.97 Å². The van der Waals surface area contributed by atoms with Gasteiger partial charge in [-0.2, -0.15) is 4.98 Å². The molecule has 27 heavy (non-hydrogen) atoms. The number of carbonyl (C=O) groups excluding carboxylic acids is 2. The predicted octanol–water partition coefficient (Wildman–Crippen LogP) is 3.91. The van der Waals surface area contributed by atoms with Gasteiger partial charge in [0, 0.05) is 11.9 Å². The average Bonchev–Trinajstić information content (AvgIpc) is 3.09. The van der Waals surface area contributed by atoms with Gasteiger partial charge in [0.1, 0.15) is 0 Å². The first-order valence-corrected chi connectivity index (χ1v) is 9.45. The molecule has 0 aliphatic carbocycles. The highest BCUT2D eigenvalue weighted by atomic mass is 32.2. The van der Waals surface area contributed by atoms with Crippen molar-refractivity contribution in [1.29, 1.82) is 0 Å². The number of oxazole rings is 1. The Morgan fingerprint density at radius 2 is 2.00 bits per heavy atom. The molecule has 0 spiro atoms. The van der Waals surface area contributed by atoms with Crippen LogP contribution in [0.1, 0.15) is 30.6 Å². The van der Waals surface area contributed by atoms with Crippen LogP contribution in [0.25, 0.3) is 11.2 Å². The topological polar surface area (TPSA) is 94.3 Å². The second-order valence-electron chi connectivity index (χ2n) is 5.61. The Labute approximate surface area is 160 Å². The number of pyridine rings is 1. The molecular weight excluding hydrogens is 366 g/mol. The van der Waals surface area contributed by atoms with E-state index in [1.165, 1.54) is 11.8 Å². The second kappa shape index (κ2) is 8.68. The molecule has 140 valence electrons. The lowest BCUT2D eigenvalue weighted by Crippen LogP contribution is -2.24. The summed E-state index contributed by atoms with van der Waals surface area (Å²) in [5.41, 5.74) is 2.15. The maximum Gasteiger partial charge on any atom is 0.338 e. The lowest BCUT2D eigenvalue weighted by atomic mass is 10.2. The molecule has 0 saturated carbocycles. The molecule has 0 saturated heterocycles. The van der Waals surface area contributed by atoms with Crippen LogP contribution in [0.2, 0.25) is 0 Å². The van der Waals surface area contributed by atoms with E-state index in [0.717, 1.165) is 0 Å². The Balaban J connectivity index is 1.65. The third-order valence-corrected chi connectivity index (χ3v) is 4.92. The number of thioether (sulfide) groups is 1. The second-order valence-corrected chi connectivity index (χ2v) is 6.76. The molecule has 3 aromatic rings. The third kappa shape index (κ3) is 4.65. The van der Waals surface area contributed by atoms with Gasteiger partial charge in [0.05, 0.1) is 17.4 Å². The predicted molar refractivity (Wildman–Crippen MR) is 103 cm³/mol. The highest BCUT2D eigenvalue weighted by Gasteiger charge is 2.21. The molecule has 0 fully saturated rings. The van der Waals surface area contributed by atoms with Crippen molar-refractivity contribution in [3.8, 4) is 0 Å². The molecule has 3 rings (SSSR count). The highest BCUT2D eigenvalue weighted by Crippen LogP contribution is 2.28. The number of esters is 1. The quantitative estimate of drug-likeness (QED) is 0.487. The molecule has 0 unspecified atom stereocenters. The Kier molecular flexibility index (Phi) is 6.08. The SMILES string of the molecule is CCOC(=O)c1ccc(NC(=O)[C@@H](CC)Sc2nc3ncccc3o2)cc1. The molecule has 0 aliphatic heterocycles. The minimum atomic E-state index is -0.387. The van der Waals surface area contributed by atoms with Crippen LogP contribution in [0.15, 0.2) is 52.2 Å². The van der Waals surface area contributed by atoms with Gasteiger partial charge in [0.25, 0.3) is 5.22 Å². The summed E-state index contributed by atoms with van der Waals surface area (Å²) in [6, 6.07) is 10.1. The van der Waals surface area contributed by atoms with Gasteiger partial charge < -0.3 is 14.5 Å². The molecule has 0 radical (unpaired) electrons. The minimum absolute atomic E-state index is 0.165. The molecule has 7 nitrogen and oxygen atoms in total. The first-order valence-electron chi connectivity index (χ1n) is 8.57. The van der Waals surface area contributed by atoms with E-state index < -0.39 is 0 Å². The summed E-state index contributed by atoms with van der Waals surface area (Å²) >= 11 is 1.25. The fourth-order valence-corrected chi connectivity index (χ4v) is 3.22. The van der Waals surface area contributed by atoms with Crippen LogP contribution in [-0.2, 0) is 9.53 Å². The van der Waals surface area contributed by atoms with Gasteiger partial charge in [-0.05, 0) is 49.7 Å². The highest BCUT2D eigenvalue weighted by molar-refractivity contribution is 8.00. The van der Waals surface area contributed by atoms with Gasteiger partial charge in [0.15, 0.2) is 11.2 Å². The first kappa shape index (κ1) is 18.9. The number of anilines is 1. The monoisotopic (exact) mass is 385 g/mol. The van der Waals surface area contributed by atoms with Crippen LogP contribution in [0.4, 0.5) is 5.69 Å². The largest absolute Gasteiger partial charge is 0.462 e. The fourth-order valence-electron chi connectivity index (χ4n) is 2.37. The number of hydrogen-bond acceptors (Lipinski definition) is 7. The van der Waals surface area contributed by atoms with Crippen molar-refractivity contribution >= 4 is 40.6 Å². The summed E-state index contributed by atoms with van der Waals surface area (Å²) in [5.74, 6) is -0.552.